The lowest BCUT2D eigenvalue weighted by molar-refractivity contribution is 0.423. The van der Waals surface area contributed by atoms with Gasteiger partial charge < -0.3 is 10.1 Å². The van der Waals surface area contributed by atoms with Crippen LogP contribution in [-0.4, -0.2) is 15.1 Å². The Balaban J connectivity index is 1.43. The molecule has 2 N–H and O–H groups in total. The zero-order valence-electron chi connectivity index (χ0n) is 30.6. The van der Waals surface area contributed by atoms with Crippen LogP contribution in [0.3, 0.4) is 0 Å². The van der Waals surface area contributed by atoms with Gasteiger partial charge in [-0.3, -0.25) is 0 Å². The Labute approximate surface area is 304 Å². The first-order valence-electron chi connectivity index (χ1n) is 18.2. The second kappa shape index (κ2) is 11.5. The maximum atomic E-state index is 11.7. The molecule has 8 aromatic carbocycles. The maximum Gasteiger partial charge on any atom is 0.139 e. The van der Waals surface area contributed by atoms with Crippen molar-refractivity contribution in [2.75, 3.05) is 0 Å². The van der Waals surface area contributed by atoms with E-state index in [0.717, 1.165) is 66.6 Å². The van der Waals surface area contributed by atoms with Gasteiger partial charge in [0, 0.05) is 33.0 Å². The zero-order valence-corrected chi connectivity index (χ0v) is 30.6. The number of nitrogens with zero attached hydrogens (tertiary/aromatic N) is 1. The molecule has 0 atom stereocenters. The average Bonchev–Trinajstić information content (AvgIpc) is 3.59. The number of phenolic OH excluding ortho intramolecular Hbond substituents is 1. The number of H-pyrrole nitrogens is 1. The number of phenols is 1. The lowest BCUT2D eigenvalue weighted by Gasteiger charge is -2.29. The van der Waals surface area contributed by atoms with Gasteiger partial charge in [0.2, 0.25) is 0 Å². The molecule has 1 aromatic heterocycles. The number of fused-ring (bicyclic) bond motifs is 8. The molecule has 0 aliphatic rings. The monoisotopic (exact) mass is 674 g/mol. The summed E-state index contributed by atoms with van der Waals surface area (Å²) in [6, 6.07) is 48.0. The van der Waals surface area contributed by atoms with E-state index in [2.05, 4.69) is 180 Å². The summed E-state index contributed by atoms with van der Waals surface area (Å²) >= 11 is 0. The van der Waals surface area contributed by atoms with Gasteiger partial charge in [-0.1, -0.05) is 157 Å². The van der Waals surface area contributed by atoms with Crippen LogP contribution in [0, 0.1) is 0 Å². The molecule has 52 heavy (non-hydrogen) atoms. The van der Waals surface area contributed by atoms with E-state index in [4.69, 9.17) is 4.98 Å². The summed E-state index contributed by atoms with van der Waals surface area (Å²) in [7, 11) is 0. The number of aromatic nitrogens is 2. The van der Waals surface area contributed by atoms with Crippen LogP contribution in [0.4, 0.5) is 0 Å². The third-order valence-electron chi connectivity index (χ3n) is 10.8. The van der Waals surface area contributed by atoms with Crippen molar-refractivity contribution in [2.24, 2.45) is 0 Å². The van der Waals surface area contributed by atoms with Crippen molar-refractivity contribution in [3.8, 4) is 39.4 Å². The molecule has 0 spiro atoms. The Morgan fingerprint density at radius 1 is 0.481 bits per heavy atom. The normalized spacial score (nSPS) is 12.5. The lowest BCUT2D eigenvalue weighted by Crippen LogP contribution is -2.17. The quantitative estimate of drug-likeness (QED) is 0.183. The highest BCUT2D eigenvalue weighted by Crippen LogP contribution is 2.49. The van der Waals surface area contributed by atoms with Crippen LogP contribution >= 0.6 is 0 Å². The van der Waals surface area contributed by atoms with Crippen molar-refractivity contribution in [3.63, 3.8) is 0 Å². The molecule has 3 nitrogen and oxygen atoms in total. The Hall–Kier alpha value is -5.93. The van der Waals surface area contributed by atoms with Crippen molar-refractivity contribution < 1.29 is 5.11 Å². The Morgan fingerprint density at radius 3 is 1.48 bits per heavy atom. The topological polar surface area (TPSA) is 48.9 Å². The molecule has 3 heteroatoms. The predicted octanol–water partition coefficient (Wildman–Crippen LogP) is 13.5. The first-order chi connectivity index (χ1) is 25.0. The molecule has 1 heterocycles. The molecule has 0 unspecified atom stereocenters. The van der Waals surface area contributed by atoms with E-state index in [9.17, 15) is 5.11 Å². The van der Waals surface area contributed by atoms with Crippen LogP contribution in [0.25, 0.3) is 87.8 Å². The number of aromatic hydroxyl groups is 1. The van der Waals surface area contributed by atoms with Gasteiger partial charge in [-0.25, -0.2) is 4.98 Å². The van der Waals surface area contributed by atoms with Crippen molar-refractivity contribution >= 4 is 54.1 Å². The number of imidazole rings is 1. The first kappa shape index (κ1) is 32.0. The number of hydrogen-bond donors (Lipinski definition) is 2. The maximum absolute atomic E-state index is 11.7. The highest BCUT2D eigenvalue weighted by atomic mass is 16.3. The summed E-state index contributed by atoms with van der Waals surface area (Å²) in [4.78, 5) is 9.30. The van der Waals surface area contributed by atoms with Crippen molar-refractivity contribution in [1.82, 2.24) is 9.97 Å². The van der Waals surface area contributed by atoms with E-state index < -0.39 is 0 Å². The van der Waals surface area contributed by atoms with Gasteiger partial charge in [-0.2, -0.15) is 0 Å². The summed E-state index contributed by atoms with van der Waals surface area (Å²) in [5.74, 6) is 1.23. The minimum absolute atomic E-state index is 0.262. The van der Waals surface area contributed by atoms with Crippen LogP contribution in [-0.2, 0) is 10.8 Å². The molecular weight excluding hydrogens is 633 g/mol. The standard InChI is InChI=1S/C49H42N2O/c1-48(2,3)40-27-31(28-41(46(40)52)49(4,5)6)34-25-23-29-15-7-9-17-32(29)42(34)43-33-18-10-8-16-30(33)24-26-39(43)47-50-44-37-21-13-11-19-35(37)36-20-12-14-22-38(36)45(44)51-47/h7-28,52H,1-6H3,(H,50,51). The summed E-state index contributed by atoms with van der Waals surface area (Å²) in [5.41, 5.74) is 8.95. The molecule has 0 amide bonds. The van der Waals surface area contributed by atoms with Crippen LogP contribution in [0.15, 0.2) is 133 Å². The molecular formula is C49H42N2O. The van der Waals surface area contributed by atoms with E-state index in [-0.39, 0.29) is 10.8 Å². The molecule has 0 aliphatic heterocycles. The van der Waals surface area contributed by atoms with Crippen LogP contribution in [0.1, 0.15) is 52.7 Å². The molecule has 254 valence electrons. The molecule has 9 rings (SSSR count). The van der Waals surface area contributed by atoms with Gasteiger partial charge in [0.05, 0.1) is 11.0 Å². The molecule has 0 saturated heterocycles. The molecule has 0 bridgehead atoms. The SMILES string of the molecule is CC(C)(C)c1cc(-c2ccc3ccccc3c2-c2c(-c3nc4c5ccccc5c5ccccc5c4[nH]3)ccc3ccccc23)cc(C(C)(C)C)c1O. The van der Waals surface area contributed by atoms with E-state index in [0.29, 0.717) is 5.75 Å². The van der Waals surface area contributed by atoms with Gasteiger partial charge in [0.25, 0.3) is 0 Å². The van der Waals surface area contributed by atoms with E-state index in [1.807, 2.05) is 0 Å². The minimum Gasteiger partial charge on any atom is -0.507 e. The number of nitrogens with one attached hydrogen (secondary N) is 1. The lowest BCUT2D eigenvalue weighted by atomic mass is 9.76. The fourth-order valence-corrected chi connectivity index (χ4v) is 8.20. The van der Waals surface area contributed by atoms with Crippen LogP contribution in [0.5, 0.6) is 5.75 Å². The van der Waals surface area contributed by atoms with Crippen LogP contribution < -0.4 is 0 Å². The number of aromatic amines is 1. The van der Waals surface area contributed by atoms with Gasteiger partial charge >= 0.3 is 0 Å². The summed E-state index contributed by atoms with van der Waals surface area (Å²) in [6.07, 6.45) is 0. The Bertz CT molecular complexity index is 2770. The second-order valence-corrected chi connectivity index (χ2v) is 16.2. The molecule has 0 radical (unpaired) electrons. The average molecular weight is 675 g/mol. The molecule has 0 fully saturated rings. The molecule has 0 saturated carbocycles. The fourth-order valence-electron chi connectivity index (χ4n) is 8.20. The second-order valence-electron chi connectivity index (χ2n) is 16.2. The largest absolute Gasteiger partial charge is 0.507 e. The third kappa shape index (κ3) is 4.98. The van der Waals surface area contributed by atoms with Crippen molar-refractivity contribution in [2.45, 2.75) is 52.4 Å². The predicted molar refractivity (Wildman–Crippen MR) is 221 cm³/mol. The highest BCUT2D eigenvalue weighted by molar-refractivity contribution is 6.24. The highest BCUT2D eigenvalue weighted by Gasteiger charge is 2.29. The summed E-state index contributed by atoms with van der Waals surface area (Å²) in [5, 5.41) is 21.1. The summed E-state index contributed by atoms with van der Waals surface area (Å²) in [6.45, 7) is 13.1. The van der Waals surface area contributed by atoms with Crippen LogP contribution in [0.2, 0.25) is 0 Å². The fraction of sp³-hybridized carbons (Fsp3) is 0.163. The third-order valence-corrected chi connectivity index (χ3v) is 10.8. The molecule has 0 aliphatic carbocycles. The minimum atomic E-state index is -0.262. The van der Waals surface area contributed by atoms with Gasteiger partial charge in [0.15, 0.2) is 0 Å². The Morgan fingerprint density at radius 2 is 0.923 bits per heavy atom. The van der Waals surface area contributed by atoms with Gasteiger partial charge in [-0.05, 0) is 78.0 Å². The van der Waals surface area contributed by atoms with E-state index in [1.165, 1.54) is 32.3 Å². The smallest absolute Gasteiger partial charge is 0.139 e. The van der Waals surface area contributed by atoms with Crippen molar-refractivity contribution in [3.05, 3.63) is 145 Å². The van der Waals surface area contributed by atoms with Crippen molar-refractivity contribution in [1.29, 1.82) is 0 Å². The van der Waals surface area contributed by atoms with E-state index >= 15 is 0 Å². The summed E-state index contributed by atoms with van der Waals surface area (Å²) < 4.78 is 0. The van der Waals surface area contributed by atoms with Gasteiger partial charge in [-0.15, -0.1) is 0 Å². The number of benzene rings is 8. The molecule has 9 aromatic rings. The number of rotatable bonds is 3. The first-order valence-corrected chi connectivity index (χ1v) is 18.2. The Kier molecular flexibility index (Phi) is 7.11. The van der Waals surface area contributed by atoms with Gasteiger partial charge in [0.1, 0.15) is 11.6 Å². The zero-order chi connectivity index (χ0) is 35.9. The van der Waals surface area contributed by atoms with E-state index in [1.54, 1.807) is 0 Å². The number of hydrogen-bond acceptors (Lipinski definition) is 2.